The van der Waals surface area contributed by atoms with Crippen LogP contribution in [0.3, 0.4) is 0 Å². The van der Waals surface area contributed by atoms with Gasteiger partial charge in [-0.15, -0.1) is 10.2 Å². The average molecular weight is 278 g/mol. The van der Waals surface area contributed by atoms with Crippen LogP contribution in [0.5, 0.6) is 0 Å². The fourth-order valence-electron chi connectivity index (χ4n) is 2.56. The number of hydrogen-bond acceptors (Lipinski definition) is 5. The highest BCUT2D eigenvalue weighted by Gasteiger charge is 2.33. The molecule has 1 saturated heterocycles. The van der Waals surface area contributed by atoms with E-state index in [1.54, 1.807) is 11.8 Å². The van der Waals surface area contributed by atoms with Crippen molar-refractivity contribution in [2.45, 2.75) is 26.2 Å². The fourth-order valence-corrected chi connectivity index (χ4v) is 2.56. The summed E-state index contributed by atoms with van der Waals surface area (Å²) in [5.74, 6) is 0.627. The molecule has 2 fully saturated rings. The molecule has 0 radical (unpaired) electrons. The van der Waals surface area contributed by atoms with E-state index in [1.165, 1.54) is 0 Å². The summed E-state index contributed by atoms with van der Waals surface area (Å²) < 4.78 is 5.14. The van der Waals surface area contributed by atoms with Gasteiger partial charge in [0.1, 0.15) is 0 Å². The van der Waals surface area contributed by atoms with Crippen molar-refractivity contribution in [3.63, 3.8) is 0 Å². The first-order chi connectivity index (χ1) is 9.65. The summed E-state index contributed by atoms with van der Waals surface area (Å²) in [6.45, 7) is 3.89. The molecule has 7 nitrogen and oxygen atoms in total. The van der Waals surface area contributed by atoms with Crippen molar-refractivity contribution in [2.24, 2.45) is 5.92 Å². The normalized spacial score (nSPS) is 19.9. The molecule has 108 valence electrons. The van der Waals surface area contributed by atoms with Crippen LogP contribution in [0.4, 0.5) is 0 Å². The zero-order chi connectivity index (χ0) is 14.1. The van der Waals surface area contributed by atoms with Crippen molar-refractivity contribution in [1.82, 2.24) is 20.0 Å². The summed E-state index contributed by atoms with van der Waals surface area (Å²) in [5.41, 5.74) is 0. The van der Waals surface area contributed by atoms with Crippen LogP contribution in [0.15, 0.2) is 4.42 Å². The lowest BCUT2D eigenvalue weighted by atomic mass is 9.84. The molecule has 20 heavy (non-hydrogen) atoms. The monoisotopic (exact) mass is 278 g/mol. The van der Waals surface area contributed by atoms with Crippen molar-refractivity contribution < 1.29 is 14.0 Å². The Morgan fingerprint density at radius 3 is 2.25 bits per heavy atom. The number of piperazine rings is 1. The molecule has 2 amide bonds. The first-order valence-electron chi connectivity index (χ1n) is 7.03. The number of hydrogen-bond donors (Lipinski definition) is 0. The molecule has 1 saturated carbocycles. The number of carbonyl (C=O) groups is 2. The van der Waals surface area contributed by atoms with Gasteiger partial charge >= 0.3 is 11.8 Å². The van der Waals surface area contributed by atoms with Crippen LogP contribution in [-0.4, -0.2) is 58.0 Å². The summed E-state index contributed by atoms with van der Waals surface area (Å²) in [6, 6.07) is 0. The Kier molecular flexibility index (Phi) is 3.42. The zero-order valence-electron chi connectivity index (χ0n) is 11.5. The van der Waals surface area contributed by atoms with E-state index in [4.69, 9.17) is 4.42 Å². The molecular formula is C13H18N4O3. The standard InChI is InChI=1S/C13H18N4O3/c1-9-14-15-11(20-9)13(19)17-7-5-16(6-8-17)12(18)10-3-2-4-10/h10H,2-8H2,1H3. The van der Waals surface area contributed by atoms with Gasteiger partial charge in [-0.3, -0.25) is 9.59 Å². The SMILES string of the molecule is Cc1nnc(C(=O)N2CCN(C(=O)C3CCC3)CC2)o1. The van der Waals surface area contributed by atoms with Crippen LogP contribution in [0.1, 0.15) is 35.8 Å². The lowest BCUT2D eigenvalue weighted by Gasteiger charge is -2.37. The third-order valence-corrected chi connectivity index (χ3v) is 4.04. The first kappa shape index (κ1) is 13.1. The Morgan fingerprint density at radius 2 is 1.75 bits per heavy atom. The van der Waals surface area contributed by atoms with Gasteiger partial charge in [-0.2, -0.15) is 0 Å². The van der Waals surface area contributed by atoms with Gasteiger partial charge in [-0.05, 0) is 12.8 Å². The third-order valence-electron chi connectivity index (χ3n) is 4.04. The molecule has 1 aliphatic heterocycles. The van der Waals surface area contributed by atoms with E-state index < -0.39 is 0 Å². The van der Waals surface area contributed by atoms with E-state index in [-0.39, 0.29) is 23.6 Å². The lowest BCUT2D eigenvalue weighted by Crippen LogP contribution is -2.52. The highest BCUT2D eigenvalue weighted by Crippen LogP contribution is 2.28. The topological polar surface area (TPSA) is 79.5 Å². The second-order valence-electron chi connectivity index (χ2n) is 5.37. The molecule has 0 bridgehead atoms. The van der Waals surface area contributed by atoms with E-state index >= 15 is 0 Å². The maximum atomic E-state index is 12.1. The molecule has 0 spiro atoms. The Bertz CT molecular complexity index is 515. The Balaban J connectivity index is 1.55. The van der Waals surface area contributed by atoms with Crippen molar-refractivity contribution in [3.05, 3.63) is 11.8 Å². The maximum absolute atomic E-state index is 12.1. The van der Waals surface area contributed by atoms with Crippen LogP contribution < -0.4 is 0 Å². The molecule has 0 N–H and O–H groups in total. The van der Waals surface area contributed by atoms with Crippen molar-refractivity contribution >= 4 is 11.8 Å². The van der Waals surface area contributed by atoms with E-state index in [2.05, 4.69) is 10.2 Å². The van der Waals surface area contributed by atoms with Crippen LogP contribution in [-0.2, 0) is 4.79 Å². The zero-order valence-corrected chi connectivity index (χ0v) is 11.5. The van der Waals surface area contributed by atoms with Crippen molar-refractivity contribution in [1.29, 1.82) is 0 Å². The Labute approximate surface area is 116 Å². The number of nitrogens with zero attached hydrogens (tertiary/aromatic N) is 4. The minimum atomic E-state index is -0.249. The Hall–Kier alpha value is -1.92. The maximum Gasteiger partial charge on any atom is 0.311 e. The van der Waals surface area contributed by atoms with Gasteiger partial charge in [0, 0.05) is 39.0 Å². The molecule has 3 rings (SSSR count). The summed E-state index contributed by atoms with van der Waals surface area (Å²) in [5, 5.41) is 7.40. The summed E-state index contributed by atoms with van der Waals surface area (Å²) in [7, 11) is 0. The van der Waals surface area contributed by atoms with Crippen LogP contribution in [0.25, 0.3) is 0 Å². The molecule has 2 heterocycles. The van der Waals surface area contributed by atoms with Crippen LogP contribution in [0, 0.1) is 12.8 Å². The number of aromatic nitrogens is 2. The van der Waals surface area contributed by atoms with Crippen LogP contribution in [0.2, 0.25) is 0 Å². The largest absolute Gasteiger partial charge is 0.417 e. The van der Waals surface area contributed by atoms with Crippen molar-refractivity contribution in [2.75, 3.05) is 26.2 Å². The highest BCUT2D eigenvalue weighted by molar-refractivity contribution is 5.89. The van der Waals surface area contributed by atoms with Gasteiger partial charge in [0.05, 0.1) is 0 Å². The van der Waals surface area contributed by atoms with E-state index in [1.807, 2.05) is 4.90 Å². The van der Waals surface area contributed by atoms with Gasteiger partial charge < -0.3 is 14.2 Å². The predicted octanol–water partition coefficient (Wildman–Crippen LogP) is 0.463. The summed E-state index contributed by atoms with van der Waals surface area (Å²) >= 11 is 0. The second-order valence-corrected chi connectivity index (χ2v) is 5.37. The third kappa shape index (κ3) is 2.39. The molecule has 7 heteroatoms. The number of carbonyl (C=O) groups excluding carboxylic acids is 2. The molecule has 1 aromatic rings. The lowest BCUT2D eigenvalue weighted by molar-refractivity contribution is -0.139. The molecule has 0 atom stereocenters. The molecule has 0 aromatic carbocycles. The molecular weight excluding hydrogens is 260 g/mol. The highest BCUT2D eigenvalue weighted by atomic mass is 16.4. The average Bonchev–Trinajstić information content (AvgIpc) is 2.83. The summed E-state index contributed by atoms with van der Waals surface area (Å²) in [6.07, 6.45) is 3.18. The molecule has 0 unspecified atom stereocenters. The van der Waals surface area contributed by atoms with Gasteiger partial charge in [-0.25, -0.2) is 0 Å². The minimum absolute atomic E-state index is 0.0290. The predicted molar refractivity (Wildman–Crippen MR) is 68.9 cm³/mol. The van der Waals surface area contributed by atoms with Gasteiger partial charge in [0.2, 0.25) is 11.8 Å². The molecule has 1 aliphatic carbocycles. The quantitative estimate of drug-likeness (QED) is 0.785. The summed E-state index contributed by atoms with van der Waals surface area (Å²) in [4.78, 5) is 27.8. The number of rotatable bonds is 2. The van der Waals surface area contributed by atoms with Crippen molar-refractivity contribution in [3.8, 4) is 0 Å². The van der Waals surface area contributed by atoms with Gasteiger partial charge in [0.15, 0.2) is 0 Å². The Morgan fingerprint density at radius 1 is 1.10 bits per heavy atom. The van der Waals surface area contributed by atoms with Gasteiger partial charge in [-0.1, -0.05) is 6.42 Å². The molecule has 2 aliphatic rings. The van der Waals surface area contributed by atoms with Gasteiger partial charge in [0.25, 0.3) is 0 Å². The number of aryl methyl sites for hydroxylation is 1. The molecule has 1 aromatic heterocycles. The van der Waals surface area contributed by atoms with Crippen LogP contribution >= 0.6 is 0 Å². The van der Waals surface area contributed by atoms with E-state index in [0.717, 1.165) is 19.3 Å². The van der Waals surface area contributed by atoms with E-state index in [9.17, 15) is 9.59 Å². The minimum Gasteiger partial charge on any atom is -0.417 e. The first-order valence-corrected chi connectivity index (χ1v) is 7.03. The number of amides is 2. The smallest absolute Gasteiger partial charge is 0.311 e. The fraction of sp³-hybridized carbons (Fsp3) is 0.692. The second kappa shape index (κ2) is 5.22. The van der Waals surface area contributed by atoms with E-state index in [0.29, 0.717) is 32.1 Å².